The van der Waals surface area contributed by atoms with Gasteiger partial charge in [-0.1, -0.05) is 37.5 Å². The molecule has 1 unspecified atom stereocenters. The first-order valence-electron chi connectivity index (χ1n) is 34.0. The van der Waals surface area contributed by atoms with E-state index in [1.165, 1.54) is 18.2 Å². The average Bonchev–Trinajstić information content (AvgIpc) is 1.63. The molecule has 15 rings (SSSR count). The van der Waals surface area contributed by atoms with Crippen LogP contribution in [0.3, 0.4) is 0 Å². The van der Waals surface area contributed by atoms with Crippen molar-refractivity contribution >= 4 is 115 Å². The summed E-state index contributed by atoms with van der Waals surface area (Å²) in [6.45, 7) is 0. The van der Waals surface area contributed by atoms with E-state index in [0.717, 1.165) is 93.2 Å². The Bertz CT molecular complexity index is 4550. The Morgan fingerprint density at radius 3 is 0.829 bits per heavy atom. The van der Waals surface area contributed by atoms with Crippen LogP contribution < -0.4 is 16.0 Å². The third-order valence-corrected chi connectivity index (χ3v) is 23.8. The Kier molecular flexibility index (Phi) is 20.0. The molecule has 3 N–H and O–H groups in total. The average molecular weight is 1530 g/mol. The summed E-state index contributed by atoms with van der Waals surface area (Å²) in [7, 11) is -10.9. The van der Waals surface area contributed by atoms with Crippen LogP contribution in [-0.2, 0) is 82.4 Å². The Labute approximate surface area is 595 Å². The first kappa shape index (κ1) is 74.8. The lowest BCUT2D eigenvalue weighted by Crippen LogP contribution is -2.13. The summed E-state index contributed by atoms with van der Waals surface area (Å²) < 4.78 is 236. The van der Waals surface area contributed by atoms with Crippen molar-refractivity contribution in [2.45, 2.75) is 185 Å². The van der Waals surface area contributed by atoms with Gasteiger partial charge in [-0.25, -0.2) is 92.9 Å². The number of carbonyl (C=O) groups is 3. The molecule has 6 fully saturated rings. The second-order valence-corrected chi connectivity index (χ2v) is 34.4. The van der Waals surface area contributed by atoms with E-state index in [-0.39, 0.29) is 139 Å². The Morgan fingerprint density at radius 1 is 0.400 bits per heavy atom. The van der Waals surface area contributed by atoms with Crippen LogP contribution >= 0.6 is 0 Å². The minimum absolute atomic E-state index is 0.0544. The maximum atomic E-state index is 13.4. The number of nitrogens with zero attached hydrogens (tertiary/aromatic N) is 6. The molecule has 558 valence electrons. The molecule has 0 amide bonds. The van der Waals surface area contributed by atoms with E-state index >= 15 is 0 Å². The fourth-order valence-corrected chi connectivity index (χ4v) is 16.2. The van der Waals surface area contributed by atoms with Gasteiger partial charge < -0.3 is 16.0 Å². The molecular formula is C72H69F12N9O9S3. The summed E-state index contributed by atoms with van der Waals surface area (Å²) in [5.41, 5.74) is 4.11. The highest BCUT2D eigenvalue weighted by molar-refractivity contribution is 7.91. The molecule has 9 aliphatic rings. The van der Waals surface area contributed by atoms with Crippen LogP contribution in [0.4, 0.5) is 104 Å². The summed E-state index contributed by atoms with van der Waals surface area (Å²) in [4.78, 5) is 61.7. The van der Waals surface area contributed by atoms with E-state index in [2.05, 4.69) is 45.9 Å². The molecular weight excluding hydrogens is 1460 g/mol. The molecule has 0 saturated heterocycles. The fourth-order valence-electron chi connectivity index (χ4n) is 13.6. The Hall–Kier alpha value is -8.46. The number of sulfone groups is 3. The molecule has 0 bridgehead atoms. The third kappa shape index (κ3) is 16.4. The SMILES string of the molecule is CS(=O)(=O)c1cc(C2CCC2)ccc1Nc1cc(CC(=O)C2CC2(F)F)nc2c1N=C(C(F)F)C2.CS(=O)(=O)c1cc(C2CCC2)ccc1Nc1cc(CC(=O)[C@@H]2CC2(F)F)nc2c1N=C(C(F)F)C2.CS(=O)(=O)c1cc(C2CCC2)ccc1Nc1cc(CC(=O)[C@H]2CC2(F)F)nc2c1N=C(C(F)F)C2. The molecule has 0 spiro atoms. The topological polar surface area (TPSA) is 265 Å². The standard InChI is InChI=1S/3C24H23F4N3O3S/c3*1-35(33,34)21-7-13(12-3-2-4-12)5-6-16(21)30-17-8-14(9-20(32)15-11-24(15,27)28)29-18-10-19(23(25)26)31-22(17)18/h3*5-8,12,15,23H,2-4,9-11H2,1H3,(H,29,30)/t2*15-;/m10./s1. The lowest BCUT2D eigenvalue weighted by atomic mass is 9.80. The van der Waals surface area contributed by atoms with Gasteiger partial charge in [0.2, 0.25) is 0 Å². The number of Topliss-reactive ketones (excluding diaryl/α,β-unsaturated/α-hetero) is 3. The van der Waals surface area contributed by atoms with E-state index in [1.807, 2.05) is 18.2 Å². The molecule has 3 aliphatic heterocycles. The van der Waals surface area contributed by atoms with Gasteiger partial charge in [0.15, 0.2) is 29.5 Å². The predicted molar refractivity (Wildman–Crippen MR) is 367 cm³/mol. The quantitative estimate of drug-likeness (QED) is 0.0476. The van der Waals surface area contributed by atoms with Crippen LogP contribution in [0, 0.1) is 17.8 Å². The number of hydrogen-bond donors (Lipinski definition) is 3. The molecule has 6 heterocycles. The van der Waals surface area contributed by atoms with Gasteiger partial charge in [-0.2, -0.15) is 0 Å². The Balaban J connectivity index is 0.000000140. The minimum Gasteiger partial charge on any atom is -0.353 e. The number of halogens is 12. The molecule has 18 nitrogen and oxygen atoms in total. The Morgan fingerprint density at radius 2 is 0.638 bits per heavy atom. The van der Waals surface area contributed by atoms with Gasteiger partial charge in [0.1, 0.15) is 34.4 Å². The summed E-state index contributed by atoms with van der Waals surface area (Å²) in [5.74, 6) is -14.3. The third-order valence-electron chi connectivity index (χ3n) is 20.4. The molecule has 6 aromatic rings. The summed E-state index contributed by atoms with van der Waals surface area (Å²) in [6.07, 6.45) is 0.531. The van der Waals surface area contributed by atoms with E-state index in [1.54, 1.807) is 36.4 Å². The monoisotopic (exact) mass is 1530 g/mol. The van der Waals surface area contributed by atoms with Crippen molar-refractivity contribution in [3.05, 3.63) is 124 Å². The van der Waals surface area contributed by atoms with Crippen molar-refractivity contribution in [3.8, 4) is 0 Å². The van der Waals surface area contributed by atoms with E-state index < -0.39 is 138 Å². The zero-order valence-electron chi connectivity index (χ0n) is 56.5. The minimum atomic E-state index is -3.65. The van der Waals surface area contributed by atoms with Gasteiger partial charge in [0.25, 0.3) is 37.0 Å². The van der Waals surface area contributed by atoms with Gasteiger partial charge >= 0.3 is 0 Å². The number of ketones is 3. The highest BCUT2D eigenvalue weighted by Crippen LogP contribution is 2.53. The first-order valence-corrected chi connectivity index (χ1v) is 39.6. The number of alkyl halides is 12. The van der Waals surface area contributed by atoms with E-state index in [9.17, 15) is 92.3 Å². The normalized spacial score (nSPS) is 20.9. The predicted octanol–water partition coefficient (Wildman–Crippen LogP) is 15.5. The number of carbonyl (C=O) groups excluding carboxylic acids is 3. The van der Waals surface area contributed by atoms with Gasteiger partial charge in [-0.15, -0.1) is 0 Å². The highest BCUT2D eigenvalue weighted by Gasteiger charge is 2.62. The van der Waals surface area contributed by atoms with E-state index in [4.69, 9.17) is 0 Å². The van der Waals surface area contributed by atoms with Crippen LogP contribution in [0.5, 0.6) is 0 Å². The largest absolute Gasteiger partial charge is 0.353 e. The zero-order valence-corrected chi connectivity index (χ0v) is 58.9. The summed E-state index contributed by atoms with van der Waals surface area (Å²) >= 11 is 0. The number of rotatable bonds is 24. The molecule has 33 heteroatoms. The summed E-state index contributed by atoms with van der Waals surface area (Å²) in [6, 6.07) is 19.4. The molecule has 6 aliphatic carbocycles. The van der Waals surface area contributed by atoms with Gasteiger partial charge in [0.05, 0.1) is 118 Å². The van der Waals surface area contributed by atoms with E-state index in [0.29, 0.717) is 17.8 Å². The number of benzene rings is 3. The molecule has 3 aromatic carbocycles. The number of hydrogen-bond acceptors (Lipinski definition) is 18. The lowest BCUT2D eigenvalue weighted by molar-refractivity contribution is -0.122. The molecule has 105 heavy (non-hydrogen) atoms. The number of pyridine rings is 3. The van der Waals surface area contributed by atoms with Crippen LogP contribution in [0.15, 0.2) is 102 Å². The van der Waals surface area contributed by atoms with Gasteiger partial charge in [-0.05, 0) is 128 Å². The smallest absolute Gasteiger partial charge is 0.277 e. The molecule has 3 atom stereocenters. The van der Waals surface area contributed by atoms with Crippen molar-refractivity contribution in [1.82, 2.24) is 15.0 Å². The molecule has 3 aromatic heterocycles. The second kappa shape index (κ2) is 28.0. The van der Waals surface area contributed by atoms with Crippen LogP contribution in [0.1, 0.15) is 146 Å². The number of nitrogens with one attached hydrogen (secondary N) is 3. The number of aliphatic imine (C=N–C) groups is 3. The van der Waals surface area contributed by atoms with Crippen molar-refractivity contribution < 1.29 is 92.3 Å². The van der Waals surface area contributed by atoms with Gasteiger partial charge in [-0.3, -0.25) is 29.3 Å². The second-order valence-electron chi connectivity index (χ2n) is 28.4. The number of anilines is 6. The maximum Gasteiger partial charge on any atom is 0.277 e. The summed E-state index contributed by atoms with van der Waals surface area (Å²) in [5, 5.41) is 8.96. The van der Waals surface area contributed by atoms with Crippen molar-refractivity contribution in [1.29, 1.82) is 0 Å². The number of fused-ring (bicyclic) bond motifs is 3. The van der Waals surface area contributed by atoms with Crippen molar-refractivity contribution in [2.24, 2.45) is 32.7 Å². The first-order chi connectivity index (χ1) is 49.3. The highest BCUT2D eigenvalue weighted by atomic mass is 32.2. The number of aromatic nitrogens is 3. The molecule has 0 radical (unpaired) electrons. The van der Waals surface area contributed by atoms with Crippen LogP contribution in [-0.4, -0.2) is 131 Å². The molecule has 6 saturated carbocycles. The lowest BCUT2D eigenvalue weighted by Gasteiger charge is -2.26. The van der Waals surface area contributed by atoms with Crippen molar-refractivity contribution in [3.63, 3.8) is 0 Å². The zero-order chi connectivity index (χ0) is 75.4. The maximum absolute atomic E-state index is 13.4. The van der Waals surface area contributed by atoms with Crippen LogP contribution in [0.2, 0.25) is 0 Å². The van der Waals surface area contributed by atoms with Gasteiger partial charge in [0, 0.05) is 76.6 Å². The fraction of sp³-hybridized carbons (Fsp3) is 0.458. The van der Waals surface area contributed by atoms with Crippen molar-refractivity contribution in [2.75, 3.05) is 34.7 Å². The van der Waals surface area contributed by atoms with Crippen LogP contribution in [0.25, 0.3) is 0 Å².